The van der Waals surface area contributed by atoms with Gasteiger partial charge in [0.25, 0.3) is 17.3 Å². The van der Waals surface area contributed by atoms with Gasteiger partial charge in [0.15, 0.2) is 6.61 Å². The molecule has 0 bridgehead atoms. The lowest BCUT2D eigenvalue weighted by Gasteiger charge is -2.06. The minimum atomic E-state index is -1.02. The highest BCUT2D eigenvalue weighted by atomic mass is 16.6. The van der Waals surface area contributed by atoms with Crippen molar-refractivity contribution in [3.63, 3.8) is 0 Å². The molecule has 0 aliphatic carbocycles. The van der Waals surface area contributed by atoms with Crippen molar-refractivity contribution >= 4 is 40.2 Å². The molecule has 0 saturated carbocycles. The van der Waals surface area contributed by atoms with Crippen LogP contribution in [0.5, 0.6) is 11.5 Å². The van der Waals surface area contributed by atoms with Crippen molar-refractivity contribution in [1.29, 1.82) is 0 Å². The molecule has 0 aromatic heterocycles. The van der Waals surface area contributed by atoms with Crippen LogP contribution >= 0.6 is 0 Å². The molecule has 1 N–H and O–H groups in total. The van der Waals surface area contributed by atoms with Gasteiger partial charge in [-0.3, -0.25) is 25.0 Å². The summed E-state index contributed by atoms with van der Waals surface area (Å²) < 4.78 is 10.7. The SMILES string of the molecule is O=C(COc1ccc2ccccc2c1)NN=Cc1cccc(OC(=O)c2cc([N+](=O)[O-])cc([N+](=O)[O-])c2)c1. The number of esters is 1. The predicted octanol–water partition coefficient (Wildman–Crippen LogP) is 4.40. The zero-order valence-electron chi connectivity index (χ0n) is 19.5. The van der Waals surface area contributed by atoms with E-state index in [0.29, 0.717) is 11.3 Å². The second-order valence-electron chi connectivity index (χ2n) is 7.81. The molecule has 12 nitrogen and oxygen atoms in total. The number of carbonyl (C=O) groups excluding carboxylic acids is 2. The van der Waals surface area contributed by atoms with Crippen LogP contribution in [0.4, 0.5) is 11.4 Å². The number of hydrazone groups is 1. The lowest BCUT2D eigenvalue weighted by molar-refractivity contribution is -0.394. The molecule has 0 atom stereocenters. The summed E-state index contributed by atoms with van der Waals surface area (Å²) in [5.74, 6) is -0.931. The third-order valence-corrected chi connectivity index (χ3v) is 5.12. The summed E-state index contributed by atoms with van der Waals surface area (Å²) in [6, 6.07) is 21.8. The summed E-state index contributed by atoms with van der Waals surface area (Å²) >= 11 is 0. The van der Waals surface area contributed by atoms with Crippen molar-refractivity contribution in [2.24, 2.45) is 5.10 Å². The standard InChI is InChI=1S/C26H18N4O8/c31-25(16-37-23-9-8-18-5-1-2-6-19(18)13-23)28-27-15-17-4-3-7-24(10-17)38-26(32)20-11-21(29(33)34)14-22(12-20)30(35)36/h1-15H,16H2,(H,28,31). The van der Waals surface area contributed by atoms with Crippen molar-refractivity contribution in [2.75, 3.05) is 6.61 Å². The number of rotatable bonds is 9. The topological polar surface area (TPSA) is 163 Å². The highest BCUT2D eigenvalue weighted by molar-refractivity contribution is 5.93. The molecule has 4 aromatic rings. The van der Waals surface area contributed by atoms with Gasteiger partial charge in [0.1, 0.15) is 11.5 Å². The molecule has 0 radical (unpaired) electrons. The van der Waals surface area contributed by atoms with E-state index in [4.69, 9.17) is 9.47 Å². The Kier molecular flexibility index (Phi) is 7.63. The second-order valence-corrected chi connectivity index (χ2v) is 7.81. The van der Waals surface area contributed by atoms with Gasteiger partial charge in [-0.05, 0) is 40.6 Å². The molecular weight excluding hydrogens is 496 g/mol. The fourth-order valence-corrected chi connectivity index (χ4v) is 3.37. The zero-order chi connectivity index (χ0) is 27.1. The Hall–Kier alpha value is -5.65. The maximum Gasteiger partial charge on any atom is 0.344 e. The van der Waals surface area contributed by atoms with Crippen LogP contribution in [0, 0.1) is 20.2 Å². The molecule has 0 spiro atoms. The van der Waals surface area contributed by atoms with E-state index >= 15 is 0 Å². The van der Waals surface area contributed by atoms with Gasteiger partial charge in [0.05, 0.1) is 27.7 Å². The molecule has 12 heteroatoms. The lowest BCUT2D eigenvalue weighted by atomic mass is 10.1. The van der Waals surface area contributed by atoms with Gasteiger partial charge in [-0.25, -0.2) is 10.2 Å². The molecular formula is C26H18N4O8. The number of nitrogens with one attached hydrogen (secondary N) is 1. The van der Waals surface area contributed by atoms with Crippen molar-refractivity contribution in [1.82, 2.24) is 5.43 Å². The van der Waals surface area contributed by atoms with Crippen LogP contribution in [-0.4, -0.2) is 34.5 Å². The largest absolute Gasteiger partial charge is 0.484 e. The van der Waals surface area contributed by atoms with Crippen LogP contribution in [0.3, 0.4) is 0 Å². The van der Waals surface area contributed by atoms with E-state index < -0.39 is 33.1 Å². The quantitative estimate of drug-likeness (QED) is 0.113. The first-order chi connectivity index (χ1) is 18.3. The number of amides is 1. The van der Waals surface area contributed by atoms with Gasteiger partial charge in [-0.2, -0.15) is 5.10 Å². The van der Waals surface area contributed by atoms with Gasteiger partial charge in [0, 0.05) is 12.1 Å². The first-order valence-electron chi connectivity index (χ1n) is 11.0. The maximum atomic E-state index is 12.5. The Labute approximate surface area is 214 Å². The number of nitro groups is 2. The van der Waals surface area contributed by atoms with Crippen LogP contribution in [-0.2, 0) is 4.79 Å². The third kappa shape index (κ3) is 6.51. The predicted molar refractivity (Wildman–Crippen MR) is 136 cm³/mol. The number of benzene rings is 4. The molecule has 0 fully saturated rings. The Balaban J connectivity index is 1.34. The Morgan fingerprint density at radius 2 is 1.53 bits per heavy atom. The van der Waals surface area contributed by atoms with E-state index in [1.165, 1.54) is 18.3 Å². The van der Waals surface area contributed by atoms with E-state index in [9.17, 15) is 29.8 Å². The highest BCUT2D eigenvalue weighted by Crippen LogP contribution is 2.24. The number of nitro benzene ring substituents is 2. The van der Waals surface area contributed by atoms with E-state index in [1.54, 1.807) is 18.2 Å². The monoisotopic (exact) mass is 514 g/mol. The van der Waals surface area contributed by atoms with Gasteiger partial charge in [-0.15, -0.1) is 0 Å². The molecule has 190 valence electrons. The van der Waals surface area contributed by atoms with Crippen LogP contribution in [0.15, 0.2) is 90.0 Å². The number of carbonyl (C=O) groups is 2. The molecule has 0 unspecified atom stereocenters. The molecule has 0 saturated heterocycles. The van der Waals surface area contributed by atoms with E-state index in [1.807, 2.05) is 36.4 Å². The van der Waals surface area contributed by atoms with Crippen molar-refractivity contribution in [2.45, 2.75) is 0 Å². The van der Waals surface area contributed by atoms with Gasteiger partial charge >= 0.3 is 5.97 Å². The Morgan fingerprint density at radius 1 is 0.816 bits per heavy atom. The number of hydrogen-bond donors (Lipinski definition) is 1. The van der Waals surface area contributed by atoms with Crippen LogP contribution in [0.25, 0.3) is 10.8 Å². The molecule has 38 heavy (non-hydrogen) atoms. The Morgan fingerprint density at radius 3 is 2.24 bits per heavy atom. The molecule has 4 rings (SSSR count). The van der Waals surface area contributed by atoms with E-state index in [2.05, 4.69) is 10.5 Å². The number of fused-ring (bicyclic) bond motifs is 1. The normalized spacial score (nSPS) is 10.7. The van der Waals surface area contributed by atoms with Crippen molar-refractivity contribution in [3.05, 3.63) is 116 Å². The minimum Gasteiger partial charge on any atom is -0.484 e. The number of ether oxygens (including phenoxy) is 2. The number of non-ortho nitro benzene ring substituents is 2. The summed E-state index contributed by atoms with van der Waals surface area (Å²) in [7, 11) is 0. The van der Waals surface area contributed by atoms with Gasteiger partial charge in [0.2, 0.25) is 0 Å². The average Bonchev–Trinajstić information content (AvgIpc) is 2.91. The molecule has 1 amide bonds. The van der Waals surface area contributed by atoms with Gasteiger partial charge in [-0.1, -0.05) is 42.5 Å². The van der Waals surface area contributed by atoms with Gasteiger partial charge < -0.3 is 9.47 Å². The smallest absolute Gasteiger partial charge is 0.344 e. The molecule has 4 aromatic carbocycles. The molecule has 0 aliphatic rings. The number of hydrogen-bond acceptors (Lipinski definition) is 9. The Bertz CT molecular complexity index is 1550. The molecule has 0 aliphatic heterocycles. The maximum absolute atomic E-state index is 12.5. The summed E-state index contributed by atoms with van der Waals surface area (Å²) in [4.78, 5) is 44.9. The van der Waals surface area contributed by atoms with E-state index in [0.717, 1.165) is 29.0 Å². The molecule has 0 heterocycles. The minimum absolute atomic E-state index is 0.0547. The summed E-state index contributed by atoms with van der Waals surface area (Å²) in [5.41, 5.74) is 1.19. The van der Waals surface area contributed by atoms with Crippen molar-refractivity contribution < 1.29 is 28.9 Å². The van der Waals surface area contributed by atoms with Crippen LogP contribution < -0.4 is 14.9 Å². The fraction of sp³-hybridized carbons (Fsp3) is 0.0385. The summed E-state index contributed by atoms with van der Waals surface area (Å²) in [6.07, 6.45) is 1.31. The van der Waals surface area contributed by atoms with Crippen molar-refractivity contribution in [3.8, 4) is 11.5 Å². The fourth-order valence-electron chi connectivity index (χ4n) is 3.37. The number of nitrogens with zero attached hydrogens (tertiary/aromatic N) is 3. The first-order valence-corrected chi connectivity index (χ1v) is 11.0. The van der Waals surface area contributed by atoms with Crippen LogP contribution in [0.1, 0.15) is 15.9 Å². The second kappa shape index (κ2) is 11.4. The lowest BCUT2D eigenvalue weighted by Crippen LogP contribution is -2.24. The summed E-state index contributed by atoms with van der Waals surface area (Å²) in [5, 5.41) is 28.0. The van der Waals surface area contributed by atoms with Crippen LogP contribution in [0.2, 0.25) is 0 Å². The highest BCUT2D eigenvalue weighted by Gasteiger charge is 2.21. The van der Waals surface area contributed by atoms with E-state index in [-0.39, 0.29) is 17.9 Å². The first kappa shape index (κ1) is 25.4. The summed E-state index contributed by atoms with van der Waals surface area (Å²) in [6.45, 7) is -0.261. The average molecular weight is 514 g/mol. The third-order valence-electron chi connectivity index (χ3n) is 5.12. The zero-order valence-corrected chi connectivity index (χ0v) is 19.5.